The Labute approximate surface area is 118 Å². The third kappa shape index (κ3) is 2.69. The lowest BCUT2D eigenvalue weighted by atomic mass is 10.2. The zero-order chi connectivity index (χ0) is 14.4. The Kier molecular flexibility index (Phi) is 3.51. The van der Waals surface area contributed by atoms with Crippen molar-refractivity contribution in [2.45, 2.75) is 51.9 Å². The topological polar surface area (TPSA) is 17.8 Å². The second kappa shape index (κ2) is 4.59. The number of para-hydroxylation sites is 2. The first-order valence-corrected chi connectivity index (χ1v) is 8.18. The molecule has 0 amide bonds. The number of rotatable bonds is 1. The number of imidazole rings is 1. The molecule has 2 rings (SSSR count). The summed E-state index contributed by atoms with van der Waals surface area (Å²) in [5.74, 6) is 0. The van der Waals surface area contributed by atoms with Crippen LogP contribution in [0.1, 0.15) is 41.5 Å². The highest BCUT2D eigenvalue weighted by Crippen LogP contribution is 2.57. The van der Waals surface area contributed by atoms with E-state index in [0.29, 0.717) is 0 Å². The molecular weight excluding hydrogens is 251 g/mol. The molecule has 19 heavy (non-hydrogen) atoms. The third-order valence-electron chi connectivity index (χ3n) is 3.31. The van der Waals surface area contributed by atoms with Gasteiger partial charge in [0, 0.05) is 7.05 Å². The lowest BCUT2D eigenvalue weighted by Crippen LogP contribution is -2.34. The first-order chi connectivity index (χ1) is 8.62. The van der Waals surface area contributed by atoms with E-state index in [0.717, 1.165) is 5.52 Å². The van der Waals surface area contributed by atoms with Crippen LogP contribution in [0, 0.1) is 0 Å². The van der Waals surface area contributed by atoms with E-state index < -0.39 is 0 Å². The molecule has 0 bridgehead atoms. The van der Waals surface area contributed by atoms with Gasteiger partial charge >= 0.3 is 0 Å². The molecule has 0 radical (unpaired) electrons. The number of hydrogen-bond donors (Lipinski definition) is 0. The number of hydrogen-bond acceptors (Lipinski definition) is 1. The summed E-state index contributed by atoms with van der Waals surface area (Å²) in [6.45, 7) is 14.0. The maximum atomic E-state index is 4.94. The van der Waals surface area contributed by atoms with E-state index in [-0.39, 0.29) is 18.2 Å². The average molecular weight is 276 g/mol. The van der Waals surface area contributed by atoms with E-state index in [1.807, 2.05) is 0 Å². The van der Waals surface area contributed by atoms with Gasteiger partial charge in [0.05, 0.1) is 11.0 Å². The third-order valence-corrected chi connectivity index (χ3v) is 6.79. The van der Waals surface area contributed by atoms with Gasteiger partial charge in [0.15, 0.2) is 0 Å². The number of aryl methyl sites for hydroxylation is 1. The van der Waals surface area contributed by atoms with E-state index in [4.69, 9.17) is 4.98 Å². The Morgan fingerprint density at radius 3 is 1.95 bits per heavy atom. The fourth-order valence-electron chi connectivity index (χ4n) is 2.94. The summed E-state index contributed by atoms with van der Waals surface area (Å²) in [5.41, 5.74) is 3.61. The highest BCUT2D eigenvalue weighted by Gasteiger charge is 2.38. The minimum Gasteiger partial charge on any atom is -0.327 e. The van der Waals surface area contributed by atoms with Crippen LogP contribution >= 0.6 is 7.92 Å². The number of benzene rings is 1. The molecule has 2 aromatic rings. The first-order valence-electron chi connectivity index (χ1n) is 6.84. The quantitative estimate of drug-likeness (QED) is 0.711. The van der Waals surface area contributed by atoms with Gasteiger partial charge in [-0.3, -0.25) is 0 Å². The zero-order valence-corrected chi connectivity index (χ0v) is 14.0. The Bertz CT molecular complexity index is 571. The van der Waals surface area contributed by atoms with Crippen molar-refractivity contribution in [1.82, 2.24) is 9.55 Å². The minimum atomic E-state index is -0.354. The largest absolute Gasteiger partial charge is 0.327 e. The summed E-state index contributed by atoms with van der Waals surface area (Å²) in [5, 5.41) is 0.505. The predicted octanol–water partition coefficient (Wildman–Crippen LogP) is 4.28. The molecule has 2 nitrogen and oxygen atoms in total. The Hall–Kier alpha value is -0.880. The Balaban J connectivity index is 2.67. The van der Waals surface area contributed by atoms with Crippen molar-refractivity contribution in [2.75, 3.05) is 0 Å². The minimum absolute atomic E-state index is 0.253. The Morgan fingerprint density at radius 1 is 0.947 bits per heavy atom. The second-order valence-corrected chi connectivity index (χ2v) is 10.9. The van der Waals surface area contributed by atoms with Crippen molar-refractivity contribution in [3.8, 4) is 0 Å². The molecule has 0 fully saturated rings. The Morgan fingerprint density at radius 2 is 1.47 bits per heavy atom. The molecule has 0 saturated heterocycles. The molecule has 0 saturated carbocycles. The van der Waals surface area contributed by atoms with Crippen molar-refractivity contribution < 1.29 is 0 Å². The van der Waals surface area contributed by atoms with E-state index in [2.05, 4.69) is 77.4 Å². The average Bonchev–Trinajstić information content (AvgIpc) is 2.53. The van der Waals surface area contributed by atoms with Gasteiger partial charge in [0.2, 0.25) is 0 Å². The van der Waals surface area contributed by atoms with Crippen LogP contribution in [0.3, 0.4) is 0 Å². The monoisotopic (exact) mass is 276 g/mol. The molecule has 1 aromatic heterocycles. The van der Waals surface area contributed by atoms with Crippen molar-refractivity contribution in [3.63, 3.8) is 0 Å². The van der Waals surface area contributed by atoms with Crippen LogP contribution in [0.15, 0.2) is 24.3 Å². The molecule has 1 heterocycles. The van der Waals surface area contributed by atoms with E-state index >= 15 is 0 Å². The van der Waals surface area contributed by atoms with Gasteiger partial charge < -0.3 is 4.57 Å². The molecule has 3 heteroatoms. The van der Waals surface area contributed by atoms with Crippen LogP contribution in [-0.2, 0) is 7.05 Å². The number of fused-ring (bicyclic) bond motifs is 1. The van der Waals surface area contributed by atoms with Gasteiger partial charge in [-0.15, -0.1) is 0 Å². The maximum Gasteiger partial charge on any atom is 0.133 e. The summed E-state index contributed by atoms with van der Waals surface area (Å²) >= 11 is 0. The van der Waals surface area contributed by atoms with Gasteiger partial charge in [0.1, 0.15) is 5.57 Å². The molecule has 0 N–H and O–H groups in total. The highest BCUT2D eigenvalue weighted by atomic mass is 31.1. The van der Waals surface area contributed by atoms with Crippen LogP contribution in [0.5, 0.6) is 0 Å². The molecule has 104 valence electrons. The molecule has 0 aliphatic carbocycles. The summed E-state index contributed by atoms with van der Waals surface area (Å²) < 4.78 is 2.29. The van der Waals surface area contributed by atoms with Crippen molar-refractivity contribution in [2.24, 2.45) is 7.05 Å². The van der Waals surface area contributed by atoms with Gasteiger partial charge in [-0.05, 0) is 30.4 Å². The molecule has 0 atom stereocenters. The summed E-state index contributed by atoms with van der Waals surface area (Å²) in [6, 6.07) is 8.42. The number of aromatic nitrogens is 2. The molecular formula is C16H25N2P. The lowest BCUT2D eigenvalue weighted by Gasteiger charge is -2.40. The first kappa shape index (κ1) is 14.5. The predicted molar refractivity (Wildman–Crippen MR) is 86.8 cm³/mol. The van der Waals surface area contributed by atoms with Crippen LogP contribution < -0.4 is 5.57 Å². The SMILES string of the molecule is Cn1c(P(C(C)(C)C)C(C)(C)C)nc2ccccc21. The van der Waals surface area contributed by atoms with Crippen molar-refractivity contribution in [3.05, 3.63) is 24.3 Å². The zero-order valence-electron chi connectivity index (χ0n) is 13.2. The van der Waals surface area contributed by atoms with Crippen molar-refractivity contribution in [1.29, 1.82) is 0 Å². The molecule has 0 unspecified atom stereocenters. The van der Waals surface area contributed by atoms with Crippen LogP contribution in [0.4, 0.5) is 0 Å². The van der Waals surface area contributed by atoms with Gasteiger partial charge in [-0.25, -0.2) is 4.98 Å². The highest BCUT2D eigenvalue weighted by molar-refractivity contribution is 7.68. The molecule has 1 aromatic carbocycles. The van der Waals surface area contributed by atoms with E-state index in [1.165, 1.54) is 11.1 Å². The van der Waals surface area contributed by atoms with Crippen molar-refractivity contribution >= 4 is 24.5 Å². The summed E-state index contributed by atoms with van der Waals surface area (Å²) in [6.07, 6.45) is 0. The number of nitrogens with zero attached hydrogens (tertiary/aromatic N) is 2. The normalized spacial score (nSPS) is 13.5. The standard InChI is InChI=1S/C16H25N2P/c1-15(2,3)19(16(4,5)6)14-17-12-10-8-9-11-13(12)18(14)7/h8-11H,1-7H3. The maximum absolute atomic E-state index is 4.94. The summed E-state index contributed by atoms with van der Waals surface area (Å²) in [7, 11) is 1.80. The van der Waals surface area contributed by atoms with Gasteiger partial charge in [-0.2, -0.15) is 0 Å². The van der Waals surface area contributed by atoms with Crippen LogP contribution in [-0.4, -0.2) is 19.9 Å². The fourth-order valence-corrected chi connectivity index (χ4v) is 6.77. The molecule has 0 aliphatic rings. The lowest BCUT2D eigenvalue weighted by molar-refractivity contribution is 0.710. The van der Waals surface area contributed by atoms with Crippen LogP contribution in [0.25, 0.3) is 11.0 Å². The second-order valence-electron chi connectivity index (χ2n) is 7.14. The smallest absolute Gasteiger partial charge is 0.133 e. The van der Waals surface area contributed by atoms with Crippen LogP contribution in [0.2, 0.25) is 0 Å². The molecule has 0 aliphatic heterocycles. The summed E-state index contributed by atoms with van der Waals surface area (Å²) in [4.78, 5) is 4.94. The fraction of sp³-hybridized carbons (Fsp3) is 0.562. The van der Waals surface area contributed by atoms with Gasteiger partial charge in [-0.1, -0.05) is 53.7 Å². The molecule has 0 spiro atoms. The van der Waals surface area contributed by atoms with E-state index in [9.17, 15) is 0 Å². The van der Waals surface area contributed by atoms with E-state index in [1.54, 1.807) is 0 Å². The van der Waals surface area contributed by atoms with Gasteiger partial charge in [0.25, 0.3) is 0 Å².